The molecule has 0 bridgehead atoms. The van der Waals surface area contributed by atoms with Gasteiger partial charge in [0.1, 0.15) is 11.4 Å². The van der Waals surface area contributed by atoms with Gasteiger partial charge in [-0.15, -0.1) is 0 Å². The van der Waals surface area contributed by atoms with E-state index in [1.807, 2.05) is 18.2 Å². The van der Waals surface area contributed by atoms with E-state index in [1.165, 1.54) is 5.56 Å². The Kier molecular flexibility index (Phi) is 3.64. The Morgan fingerprint density at radius 2 is 2.24 bits per heavy atom. The van der Waals surface area contributed by atoms with E-state index in [9.17, 15) is 0 Å². The maximum atomic E-state index is 6.06. The van der Waals surface area contributed by atoms with E-state index in [0.29, 0.717) is 6.04 Å². The molecule has 17 heavy (non-hydrogen) atoms. The van der Waals surface area contributed by atoms with Crippen molar-refractivity contribution in [2.24, 2.45) is 0 Å². The van der Waals surface area contributed by atoms with Crippen molar-refractivity contribution in [1.82, 2.24) is 5.32 Å². The van der Waals surface area contributed by atoms with Crippen molar-refractivity contribution in [2.75, 3.05) is 6.54 Å². The number of ether oxygens (including phenoxy) is 1. The van der Waals surface area contributed by atoms with Crippen molar-refractivity contribution in [3.8, 4) is 5.75 Å². The van der Waals surface area contributed by atoms with Crippen molar-refractivity contribution in [1.29, 1.82) is 0 Å². The topological polar surface area (TPSA) is 21.3 Å². The van der Waals surface area contributed by atoms with E-state index in [1.54, 1.807) is 0 Å². The average Bonchev–Trinajstić information content (AvgIpc) is 2.26. The number of halogens is 1. The van der Waals surface area contributed by atoms with Crippen LogP contribution in [-0.2, 0) is 0 Å². The van der Waals surface area contributed by atoms with Gasteiger partial charge in [0.25, 0.3) is 0 Å². The van der Waals surface area contributed by atoms with Gasteiger partial charge in [0, 0.05) is 23.0 Å². The second-order valence-electron chi connectivity index (χ2n) is 5.25. The van der Waals surface area contributed by atoms with Crippen LogP contribution in [0.25, 0.3) is 0 Å². The maximum absolute atomic E-state index is 6.06. The zero-order chi connectivity index (χ0) is 12.5. The Hall–Kier alpha value is -0.730. The van der Waals surface area contributed by atoms with Crippen LogP contribution < -0.4 is 10.1 Å². The molecular formula is C14H20ClNO. The number of benzene rings is 1. The Morgan fingerprint density at radius 3 is 2.94 bits per heavy atom. The first-order chi connectivity index (χ1) is 8.02. The lowest BCUT2D eigenvalue weighted by molar-refractivity contribution is 0.0661. The van der Waals surface area contributed by atoms with Crippen LogP contribution in [0.2, 0.25) is 5.02 Å². The first-order valence-corrected chi connectivity index (χ1v) is 6.61. The van der Waals surface area contributed by atoms with Crippen LogP contribution in [0, 0.1) is 0 Å². The summed E-state index contributed by atoms with van der Waals surface area (Å²) in [4.78, 5) is 0. The predicted molar refractivity (Wildman–Crippen MR) is 71.8 cm³/mol. The van der Waals surface area contributed by atoms with Crippen LogP contribution in [-0.4, -0.2) is 12.1 Å². The molecule has 0 spiro atoms. The molecule has 2 nitrogen and oxygen atoms in total. The minimum absolute atomic E-state index is 0.119. The van der Waals surface area contributed by atoms with Gasteiger partial charge in [-0.2, -0.15) is 0 Å². The lowest BCUT2D eigenvalue weighted by Gasteiger charge is -2.38. The number of rotatable bonds is 3. The summed E-state index contributed by atoms with van der Waals surface area (Å²) < 4.78 is 5.99. The molecule has 1 aromatic rings. The Bertz CT molecular complexity index is 403. The zero-order valence-electron chi connectivity index (χ0n) is 10.7. The van der Waals surface area contributed by atoms with Crippen molar-refractivity contribution in [3.63, 3.8) is 0 Å². The number of hydrogen-bond donors (Lipinski definition) is 1. The van der Waals surface area contributed by atoms with Gasteiger partial charge in [-0.25, -0.2) is 0 Å². The monoisotopic (exact) mass is 253 g/mol. The Morgan fingerprint density at radius 1 is 1.47 bits per heavy atom. The van der Waals surface area contributed by atoms with Crippen LogP contribution in [0.4, 0.5) is 0 Å². The largest absolute Gasteiger partial charge is 0.487 e. The predicted octanol–water partition coefficient (Wildman–Crippen LogP) is 3.94. The van der Waals surface area contributed by atoms with Crippen molar-refractivity contribution < 1.29 is 4.74 Å². The van der Waals surface area contributed by atoms with Crippen LogP contribution in [0.3, 0.4) is 0 Å². The molecule has 1 N–H and O–H groups in total. The average molecular weight is 254 g/mol. The third kappa shape index (κ3) is 2.93. The molecule has 94 valence electrons. The SMILES string of the molecule is CCCNC1CC(C)(C)Oc2ccc(Cl)cc21. The van der Waals surface area contributed by atoms with Gasteiger partial charge < -0.3 is 10.1 Å². The molecule has 1 aliphatic heterocycles. The van der Waals surface area contributed by atoms with E-state index < -0.39 is 0 Å². The minimum atomic E-state index is -0.119. The fraction of sp³-hybridized carbons (Fsp3) is 0.571. The molecule has 1 unspecified atom stereocenters. The van der Waals surface area contributed by atoms with Gasteiger partial charge in [-0.1, -0.05) is 18.5 Å². The minimum Gasteiger partial charge on any atom is -0.487 e. The third-order valence-electron chi connectivity index (χ3n) is 3.07. The fourth-order valence-electron chi connectivity index (χ4n) is 2.33. The highest BCUT2D eigenvalue weighted by atomic mass is 35.5. The van der Waals surface area contributed by atoms with E-state index in [2.05, 4.69) is 26.1 Å². The molecule has 0 saturated carbocycles. The molecule has 0 radical (unpaired) electrons. The molecular weight excluding hydrogens is 234 g/mol. The van der Waals surface area contributed by atoms with Crippen LogP contribution in [0.1, 0.15) is 45.2 Å². The number of nitrogens with one attached hydrogen (secondary N) is 1. The maximum Gasteiger partial charge on any atom is 0.124 e. The quantitative estimate of drug-likeness (QED) is 0.881. The first kappa shape index (κ1) is 12.7. The molecule has 0 aliphatic carbocycles. The fourth-order valence-corrected chi connectivity index (χ4v) is 2.51. The second kappa shape index (κ2) is 4.87. The van der Waals surface area contributed by atoms with Crippen LogP contribution in [0.5, 0.6) is 5.75 Å². The van der Waals surface area contributed by atoms with E-state index >= 15 is 0 Å². The van der Waals surface area contributed by atoms with Crippen molar-refractivity contribution in [3.05, 3.63) is 28.8 Å². The van der Waals surface area contributed by atoms with E-state index in [0.717, 1.165) is 30.2 Å². The zero-order valence-corrected chi connectivity index (χ0v) is 11.5. The van der Waals surface area contributed by atoms with Gasteiger partial charge in [0.15, 0.2) is 0 Å². The Balaban J connectivity index is 2.30. The Labute approximate surface area is 108 Å². The van der Waals surface area contributed by atoms with Gasteiger partial charge in [0.2, 0.25) is 0 Å². The summed E-state index contributed by atoms with van der Waals surface area (Å²) in [6.45, 7) is 7.46. The summed E-state index contributed by atoms with van der Waals surface area (Å²) in [5.41, 5.74) is 1.07. The summed E-state index contributed by atoms with van der Waals surface area (Å²) in [6.07, 6.45) is 2.11. The molecule has 2 rings (SSSR count). The van der Waals surface area contributed by atoms with Crippen LogP contribution >= 0.6 is 11.6 Å². The normalized spacial score (nSPS) is 21.8. The summed E-state index contributed by atoms with van der Waals surface area (Å²) in [5.74, 6) is 0.958. The smallest absolute Gasteiger partial charge is 0.124 e. The first-order valence-electron chi connectivity index (χ1n) is 6.24. The molecule has 1 aromatic carbocycles. The lowest BCUT2D eigenvalue weighted by Crippen LogP contribution is -2.39. The van der Waals surface area contributed by atoms with Crippen LogP contribution in [0.15, 0.2) is 18.2 Å². The van der Waals surface area contributed by atoms with Gasteiger partial charge in [-0.05, 0) is 45.0 Å². The van der Waals surface area contributed by atoms with E-state index in [-0.39, 0.29) is 5.60 Å². The number of fused-ring (bicyclic) bond motifs is 1. The second-order valence-corrected chi connectivity index (χ2v) is 5.69. The summed E-state index contributed by atoms with van der Waals surface area (Å²) in [6, 6.07) is 6.21. The van der Waals surface area contributed by atoms with Gasteiger partial charge >= 0.3 is 0 Å². The summed E-state index contributed by atoms with van der Waals surface area (Å²) in [7, 11) is 0. The summed E-state index contributed by atoms with van der Waals surface area (Å²) in [5, 5.41) is 4.35. The van der Waals surface area contributed by atoms with Crippen molar-refractivity contribution in [2.45, 2.75) is 45.3 Å². The highest BCUT2D eigenvalue weighted by molar-refractivity contribution is 6.30. The molecule has 0 aromatic heterocycles. The molecule has 1 aliphatic rings. The molecule has 1 heterocycles. The number of hydrogen-bond acceptors (Lipinski definition) is 2. The third-order valence-corrected chi connectivity index (χ3v) is 3.31. The van der Waals surface area contributed by atoms with Gasteiger partial charge in [-0.3, -0.25) is 0 Å². The highest BCUT2D eigenvalue weighted by Gasteiger charge is 2.33. The molecule has 3 heteroatoms. The molecule has 0 fully saturated rings. The standard InChI is InChI=1S/C14H20ClNO/c1-4-7-16-12-9-14(2,3)17-13-6-5-10(15)8-11(12)13/h5-6,8,12,16H,4,7,9H2,1-3H3. The highest BCUT2D eigenvalue weighted by Crippen LogP contribution is 2.40. The molecule has 1 atom stereocenters. The molecule has 0 amide bonds. The lowest BCUT2D eigenvalue weighted by atomic mass is 9.89. The summed E-state index contributed by atoms with van der Waals surface area (Å²) >= 11 is 6.06. The van der Waals surface area contributed by atoms with E-state index in [4.69, 9.17) is 16.3 Å². The molecule has 0 saturated heterocycles. The van der Waals surface area contributed by atoms with Crippen molar-refractivity contribution >= 4 is 11.6 Å². The van der Waals surface area contributed by atoms with Gasteiger partial charge in [0.05, 0.1) is 0 Å².